The summed E-state index contributed by atoms with van der Waals surface area (Å²) in [6.07, 6.45) is 9.69. The number of nitrogens with zero attached hydrogens (tertiary/aromatic N) is 1. The van der Waals surface area contributed by atoms with Crippen LogP contribution in [0.15, 0.2) is 36.7 Å². The Morgan fingerprint density at radius 2 is 1.94 bits per heavy atom. The molecule has 2 nitrogen and oxygen atoms in total. The van der Waals surface area contributed by atoms with Gasteiger partial charge in [0.05, 0.1) is 6.10 Å². The van der Waals surface area contributed by atoms with Crippen LogP contribution in [0.3, 0.4) is 0 Å². The quantitative estimate of drug-likeness (QED) is 0.720. The van der Waals surface area contributed by atoms with E-state index >= 15 is 0 Å². The molecule has 1 aromatic heterocycles. The maximum absolute atomic E-state index is 6.01. The van der Waals surface area contributed by atoms with Crippen LogP contribution in [-0.4, -0.2) is 6.10 Å². The number of fused-ring (bicyclic) bond motifs is 1. The third kappa shape index (κ3) is 2.26. The normalized spacial score (nSPS) is 16.5. The molecular formula is C15H18NO+. The molecular weight excluding hydrogens is 210 g/mol. The predicted molar refractivity (Wildman–Crippen MR) is 68.0 cm³/mol. The maximum atomic E-state index is 6.01. The van der Waals surface area contributed by atoms with Crippen molar-refractivity contribution in [3.8, 4) is 5.75 Å². The van der Waals surface area contributed by atoms with Crippen LogP contribution in [-0.2, 0) is 7.05 Å². The Kier molecular flexibility index (Phi) is 2.71. The summed E-state index contributed by atoms with van der Waals surface area (Å²) in [7, 11) is 2.04. The Morgan fingerprint density at radius 3 is 2.76 bits per heavy atom. The highest BCUT2D eigenvalue weighted by molar-refractivity contribution is 5.82. The van der Waals surface area contributed by atoms with E-state index in [2.05, 4.69) is 41.2 Å². The lowest BCUT2D eigenvalue weighted by Crippen LogP contribution is -2.25. The van der Waals surface area contributed by atoms with E-state index in [0.717, 1.165) is 5.75 Å². The van der Waals surface area contributed by atoms with E-state index in [1.54, 1.807) is 0 Å². The first-order valence-electron chi connectivity index (χ1n) is 6.37. The topological polar surface area (TPSA) is 13.1 Å². The summed E-state index contributed by atoms with van der Waals surface area (Å²) in [6.45, 7) is 0. The highest BCUT2D eigenvalue weighted by atomic mass is 16.5. The van der Waals surface area contributed by atoms with Crippen LogP contribution in [0.2, 0.25) is 0 Å². The fraction of sp³-hybridized carbons (Fsp3) is 0.400. The number of hydrogen-bond donors (Lipinski definition) is 0. The van der Waals surface area contributed by atoms with Gasteiger partial charge in [0, 0.05) is 11.5 Å². The molecule has 0 amide bonds. The minimum Gasteiger partial charge on any atom is -0.490 e. The minimum atomic E-state index is 0.437. The number of ether oxygens (including phenoxy) is 1. The summed E-state index contributed by atoms with van der Waals surface area (Å²) in [5, 5.41) is 2.51. The molecule has 0 atom stereocenters. The molecule has 0 saturated heterocycles. The van der Waals surface area contributed by atoms with Crippen molar-refractivity contribution >= 4 is 10.8 Å². The van der Waals surface area contributed by atoms with Crippen LogP contribution in [0.1, 0.15) is 25.7 Å². The van der Waals surface area contributed by atoms with E-state index in [1.165, 1.54) is 36.5 Å². The molecule has 0 radical (unpaired) electrons. The van der Waals surface area contributed by atoms with Gasteiger partial charge in [-0.25, -0.2) is 4.57 Å². The Labute approximate surface area is 102 Å². The maximum Gasteiger partial charge on any atom is 0.176 e. The van der Waals surface area contributed by atoms with E-state index in [1.807, 2.05) is 7.05 Å². The fourth-order valence-electron chi connectivity index (χ4n) is 2.55. The third-order valence-electron chi connectivity index (χ3n) is 3.50. The van der Waals surface area contributed by atoms with Crippen molar-refractivity contribution in [2.75, 3.05) is 0 Å². The Hall–Kier alpha value is -1.57. The van der Waals surface area contributed by atoms with Crippen LogP contribution in [0.5, 0.6) is 5.75 Å². The summed E-state index contributed by atoms with van der Waals surface area (Å²) in [5.41, 5.74) is 0. The van der Waals surface area contributed by atoms with E-state index in [4.69, 9.17) is 4.74 Å². The van der Waals surface area contributed by atoms with E-state index < -0.39 is 0 Å². The number of rotatable bonds is 2. The summed E-state index contributed by atoms with van der Waals surface area (Å²) < 4.78 is 8.08. The zero-order valence-electron chi connectivity index (χ0n) is 10.2. The molecule has 1 fully saturated rings. The molecule has 1 aliphatic rings. The van der Waals surface area contributed by atoms with Crippen molar-refractivity contribution in [3.05, 3.63) is 36.7 Å². The Morgan fingerprint density at radius 1 is 1.12 bits per heavy atom. The number of benzene rings is 1. The first kappa shape index (κ1) is 10.6. The Bertz CT molecular complexity index is 529. The average Bonchev–Trinajstić information content (AvgIpc) is 2.82. The molecule has 1 saturated carbocycles. The van der Waals surface area contributed by atoms with Gasteiger partial charge in [-0.1, -0.05) is 0 Å². The lowest BCUT2D eigenvalue weighted by atomic mass is 10.1. The van der Waals surface area contributed by atoms with Crippen molar-refractivity contribution < 1.29 is 9.30 Å². The second-order valence-electron chi connectivity index (χ2n) is 4.93. The highest BCUT2D eigenvalue weighted by Gasteiger charge is 2.16. The molecule has 0 spiro atoms. The lowest BCUT2D eigenvalue weighted by Gasteiger charge is -2.13. The van der Waals surface area contributed by atoms with Gasteiger partial charge in [0.25, 0.3) is 0 Å². The first-order chi connectivity index (χ1) is 8.31. The molecule has 1 aliphatic carbocycles. The molecule has 1 heterocycles. The SMILES string of the molecule is C[n+]1ccc2cc(OC3CCCC3)ccc2c1. The third-order valence-corrected chi connectivity index (χ3v) is 3.50. The van der Waals surface area contributed by atoms with E-state index in [0.29, 0.717) is 6.10 Å². The van der Waals surface area contributed by atoms with Crippen LogP contribution in [0.25, 0.3) is 10.8 Å². The number of aryl methyl sites for hydroxylation is 1. The first-order valence-corrected chi connectivity index (χ1v) is 6.37. The lowest BCUT2D eigenvalue weighted by molar-refractivity contribution is -0.670. The largest absolute Gasteiger partial charge is 0.490 e. The molecule has 0 unspecified atom stereocenters. The van der Waals surface area contributed by atoms with Crippen molar-refractivity contribution in [2.24, 2.45) is 7.05 Å². The van der Waals surface area contributed by atoms with Crippen molar-refractivity contribution in [1.29, 1.82) is 0 Å². The average molecular weight is 228 g/mol. The molecule has 0 aliphatic heterocycles. The van der Waals surface area contributed by atoms with Crippen molar-refractivity contribution in [1.82, 2.24) is 0 Å². The van der Waals surface area contributed by atoms with Crippen LogP contribution >= 0.6 is 0 Å². The van der Waals surface area contributed by atoms with Gasteiger partial charge < -0.3 is 4.74 Å². The van der Waals surface area contributed by atoms with Gasteiger partial charge in [-0.15, -0.1) is 0 Å². The summed E-state index contributed by atoms with van der Waals surface area (Å²) >= 11 is 0. The molecule has 0 N–H and O–H groups in total. The Balaban J connectivity index is 1.88. The molecule has 0 bridgehead atoms. The molecule has 88 valence electrons. The fourth-order valence-corrected chi connectivity index (χ4v) is 2.55. The zero-order chi connectivity index (χ0) is 11.7. The highest BCUT2D eigenvalue weighted by Crippen LogP contribution is 2.26. The zero-order valence-corrected chi connectivity index (χ0v) is 10.2. The molecule has 2 heteroatoms. The van der Waals surface area contributed by atoms with Gasteiger partial charge in [-0.05, 0) is 49.3 Å². The van der Waals surface area contributed by atoms with Gasteiger partial charge in [-0.3, -0.25) is 0 Å². The predicted octanol–water partition coefficient (Wildman–Crippen LogP) is 2.99. The van der Waals surface area contributed by atoms with Crippen molar-refractivity contribution in [2.45, 2.75) is 31.8 Å². The summed E-state index contributed by atoms with van der Waals surface area (Å²) in [6, 6.07) is 8.50. The smallest absolute Gasteiger partial charge is 0.176 e. The number of hydrogen-bond acceptors (Lipinski definition) is 1. The van der Waals surface area contributed by atoms with Crippen LogP contribution in [0.4, 0.5) is 0 Å². The molecule has 2 aromatic rings. The summed E-state index contributed by atoms with van der Waals surface area (Å²) in [4.78, 5) is 0. The van der Waals surface area contributed by atoms with Gasteiger partial charge in [0.2, 0.25) is 0 Å². The van der Waals surface area contributed by atoms with Gasteiger partial charge >= 0.3 is 0 Å². The van der Waals surface area contributed by atoms with Crippen molar-refractivity contribution in [3.63, 3.8) is 0 Å². The van der Waals surface area contributed by atoms with Gasteiger partial charge in [0.15, 0.2) is 12.4 Å². The molecule has 1 aromatic carbocycles. The standard InChI is InChI=1S/C15H18NO/c1-16-9-8-12-10-15(7-6-13(12)11-16)17-14-4-2-3-5-14/h6-11,14H,2-5H2,1H3/q+1. The van der Waals surface area contributed by atoms with E-state index in [9.17, 15) is 0 Å². The van der Waals surface area contributed by atoms with Crippen LogP contribution in [0, 0.1) is 0 Å². The molecule has 3 rings (SSSR count). The minimum absolute atomic E-state index is 0.437. The summed E-state index contributed by atoms with van der Waals surface area (Å²) in [5.74, 6) is 1.01. The monoisotopic (exact) mass is 228 g/mol. The second-order valence-corrected chi connectivity index (χ2v) is 4.93. The van der Waals surface area contributed by atoms with Crippen LogP contribution < -0.4 is 9.30 Å². The van der Waals surface area contributed by atoms with Gasteiger partial charge in [0.1, 0.15) is 12.8 Å². The number of pyridine rings is 1. The second kappa shape index (κ2) is 4.36. The number of aromatic nitrogens is 1. The molecule has 17 heavy (non-hydrogen) atoms. The van der Waals surface area contributed by atoms with Gasteiger partial charge in [-0.2, -0.15) is 0 Å². The van der Waals surface area contributed by atoms with E-state index in [-0.39, 0.29) is 0 Å².